The van der Waals surface area contributed by atoms with E-state index >= 15 is 0 Å². The van der Waals surface area contributed by atoms with Gasteiger partial charge in [-0.3, -0.25) is 0 Å². The van der Waals surface area contributed by atoms with Crippen LogP contribution in [0.2, 0.25) is 0 Å². The van der Waals surface area contributed by atoms with Crippen LogP contribution in [0, 0.1) is 0 Å². The summed E-state index contributed by atoms with van der Waals surface area (Å²) >= 11 is 6.59. The average Bonchev–Trinajstić information content (AvgIpc) is 2.95. The normalized spacial score (nSPS) is 12.7. The van der Waals surface area contributed by atoms with E-state index in [1.165, 1.54) is 10.8 Å². The van der Waals surface area contributed by atoms with Gasteiger partial charge in [-0.15, -0.1) is 11.6 Å². The Hall–Kier alpha value is -1.73. The van der Waals surface area contributed by atoms with Gasteiger partial charge in [0.25, 0.3) is 0 Å². The SMILES string of the molecule is CCc1ccc(C(Cl)c2cccc3ccccc23)o1. The maximum atomic E-state index is 6.59. The van der Waals surface area contributed by atoms with Crippen LogP contribution in [0.25, 0.3) is 10.8 Å². The van der Waals surface area contributed by atoms with Crippen molar-refractivity contribution in [1.29, 1.82) is 0 Å². The Morgan fingerprint density at radius 1 is 1.00 bits per heavy atom. The molecule has 1 unspecified atom stereocenters. The van der Waals surface area contributed by atoms with Crippen molar-refractivity contribution in [2.45, 2.75) is 18.7 Å². The Morgan fingerprint density at radius 2 is 1.79 bits per heavy atom. The van der Waals surface area contributed by atoms with Crippen LogP contribution in [0.4, 0.5) is 0 Å². The van der Waals surface area contributed by atoms with E-state index in [2.05, 4.69) is 31.2 Å². The molecular weight excluding hydrogens is 256 g/mol. The van der Waals surface area contributed by atoms with Gasteiger partial charge in [0.1, 0.15) is 16.9 Å². The maximum absolute atomic E-state index is 6.59. The molecule has 0 amide bonds. The first-order chi connectivity index (χ1) is 9.29. The van der Waals surface area contributed by atoms with Gasteiger partial charge >= 0.3 is 0 Å². The number of hydrogen-bond acceptors (Lipinski definition) is 1. The zero-order valence-electron chi connectivity index (χ0n) is 10.8. The summed E-state index contributed by atoms with van der Waals surface area (Å²) < 4.78 is 5.77. The molecule has 0 radical (unpaired) electrons. The first-order valence-electron chi connectivity index (χ1n) is 6.50. The molecule has 2 aromatic carbocycles. The monoisotopic (exact) mass is 270 g/mol. The lowest BCUT2D eigenvalue weighted by Gasteiger charge is -2.10. The number of hydrogen-bond donors (Lipinski definition) is 0. The van der Waals surface area contributed by atoms with Crippen molar-refractivity contribution in [3.63, 3.8) is 0 Å². The molecule has 0 spiro atoms. The average molecular weight is 271 g/mol. The van der Waals surface area contributed by atoms with Crippen molar-refractivity contribution in [3.05, 3.63) is 71.7 Å². The Labute approximate surface area is 117 Å². The van der Waals surface area contributed by atoms with Crippen LogP contribution in [0.3, 0.4) is 0 Å². The molecule has 0 bridgehead atoms. The first-order valence-corrected chi connectivity index (χ1v) is 6.93. The highest BCUT2D eigenvalue weighted by molar-refractivity contribution is 6.23. The molecular formula is C17H15ClO. The van der Waals surface area contributed by atoms with Gasteiger partial charge in [0, 0.05) is 6.42 Å². The summed E-state index contributed by atoms with van der Waals surface area (Å²) in [5.41, 5.74) is 1.09. The molecule has 3 aromatic rings. The van der Waals surface area contributed by atoms with Crippen LogP contribution in [0.1, 0.15) is 29.4 Å². The predicted molar refractivity (Wildman–Crippen MR) is 79.7 cm³/mol. The van der Waals surface area contributed by atoms with Gasteiger partial charge in [-0.2, -0.15) is 0 Å². The van der Waals surface area contributed by atoms with E-state index in [-0.39, 0.29) is 5.38 Å². The smallest absolute Gasteiger partial charge is 0.126 e. The molecule has 0 aliphatic carbocycles. The largest absolute Gasteiger partial charge is 0.464 e. The van der Waals surface area contributed by atoms with Crippen LogP contribution in [-0.4, -0.2) is 0 Å². The zero-order valence-corrected chi connectivity index (χ0v) is 11.5. The van der Waals surface area contributed by atoms with Crippen LogP contribution in [-0.2, 0) is 6.42 Å². The van der Waals surface area contributed by atoms with Gasteiger partial charge in [-0.05, 0) is 28.5 Å². The summed E-state index contributed by atoms with van der Waals surface area (Å²) in [5, 5.41) is 2.14. The van der Waals surface area contributed by atoms with Gasteiger partial charge in [0.05, 0.1) is 0 Å². The van der Waals surface area contributed by atoms with Crippen molar-refractivity contribution in [2.75, 3.05) is 0 Å². The molecule has 0 aliphatic heterocycles. The lowest BCUT2D eigenvalue weighted by Crippen LogP contribution is -1.92. The topological polar surface area (TPSA) is 13.1 Å². The van der Waals surface area contributed by atoms with Crippen molar-refractivity contribution < 1.29 is 4.42 Å². The molecule has 0 saturated heterocycles. The molecule has 96 valence electrons. The second-order valence-electron chi connectivity index (χ2n) is 4.59. The summed E-state index contributed by atoms with van der Waals surface area (Å²) in [5.74, 6) is 1.79. The summed E-state index contributed by atoms with van der Waals surface area (Å²) in [7, 11) is 0. The van der Waals surface area contributed by atoms with Crippen LogP contribution >= 0.6 is 11.6 Å². The zero-order chi connectivity index (χ0) is 13.2. The number of furan rings is 1. The van der Waals surface area contributed by atoms with Gasteiger partial charge in [0.2, 0.25) is 0 Å². The second kappa shape index (κ2) is 5.10. The number of aryl methyl sites for hydroxylation is 1. The Balaban J connectivity index is 2.08. The van der Waals surface area contributed by atoms with Gasteiger partial charge < -0.3 is 4.42 Å². The molecule has 3 rings (SSSR count). The van der Waals surface area contributed by atoms with Crippen LogP contribution in [0.15, 0.2) is 59.0 Å². The number of alkyl halides is 1. The number of halogens is 1. The van der Waals surface area contributed by atoms with Crippen molar-refractivity contribution >= 4 is 22.4 Å². The lowest BCUT2D eigenvalue weighted by atomic mass is 10.0. The second-order valence-corrected chi connectivity index (χ2v) is 5.02. The minimum Gasteiger partial charge on any atom is -0.464 e. The third-order valence-corrected chi connectivity index (χ3v) is 3.83. The molecule has 2 heteroatoms. The fraction of sp³-hybridized carbons (Fsp3) is 0.176. The van der Waals surface area contributed by atoms with Crippen molar-refractivity contribution in [2.24, 2.45) is 0 Å². The highest BCUT2D eigenvalue weighted by atomic mass is 35.5. The summed E-state index contributed by atoms with van der Waals surface area (Å²) in [6, 6.07) is 18.4. The van der Waals surface area contributed by atoms with E-state index in [0.29, 0.717) is 0 Å². The number of fused-ring (bicyclic) bond motifs is 1. The summed E-state index contributed by atoms with van der Waals surface area (Å²) in [4.78, 5) is 0. The van der Waals surface area contributed by atoms with E-state index in [0.717, 1.165) is 23.5 Å². The molecule has 0 fully saturated rings. The Bertz CT molecular complexity index is 694. The summed E-state index contributed by atoms with van der Waals surface area (Å²) in [6.45, 7) is 2.07. The van der Waals surface area contributed by atoms with Crippen molar-refractivity contribution in [3.8, 4) is 0 Å². The molecule has 1 atom stereocenters. The van der Waals surface area contributed by atoms with Gasteiger partial charge in [0.15, 0.2) is 0 Å². The highest BCUT2D eigenvalue weighted by Gasteiger charge is 2.17. The molecule has 0 saturated carbocycles. The van der Waals surface area contributed by atoms with Crippen LogP contribution in [0.5, 0.6) is 0 Å². The first kappa shape index (κ1) is 12.3. The molecule has 0 aliphatic rings. The minimum atomic E-state index is -0.244. The van der Waals surface area contributed by atoms with Gasteiger partial charge in [-0.1, -0.05) is 49.4 Å². The number of rotatable bonds is 3. The number of benzene rings is 2. The fourth-order valence-electron chi connectivity index (χ4n) is 2.35. The van der Waals surface area contributed by atoms with Gasteiger partial charge in [-0.25, -0.2) is 0 Å². The maximum Gasteiger partial charge on any atom is 0.126 e. The predicted octanol–water partition coefficient (Wildman–Crippen LogP) is 5.32. The van der Waals surface area contributed by atoms with E-state index in [4.69, 9.17) is 16.0 Å². The third kappa shape index (κ3) is 2.26. The van der Waals surface area contributed by atoms with E-state index in [9.17, 15) is 0 Å². The minimum absolute atomic E-state index is 0.244. The van der Waals surface area contributed by atoms with E-state index in [1.807, 2.05) is 30.3 Å². The van der Waals surface area contributed by atoms with E-state index < -0.39 is 0 Å². The molecule has 1 nitrogen and oxygen atoms in total. The molecule has 1 aromatic heterocycles. The third-order valence-electron chi connectivity index (χ3n) is 3.38. The lowest BCUT2D eigenvalue weighted by molar-refractivity contribution is 0.475. The summed E-state index contributed by atoms with van der Waals surface area (Å²) in [6.07, 6.45) is 0.888. The molecule has 19 heavy (non-hydrogen) atoms. The Kier molecular flexibility index (Phi) is 3.31. The van der Waals surface area contributed by atoms with E-state index in [1.54, 1.807) is 0 Å². The Morgan fingerprint density at radius 3 is 2.58 bits per heavy atom. The standard InChI is InChI=1S/C17H15ClO/c1-2-13-10-11-16(19-13)17(18)15-9-5-7-12-6-3-4-8-14(12)15/h3-11,17H,2H2,1H3. The van der Waals surface area contributed by atoms with Crippen LogP contribution < -0.4 is 0 Å². The molecule has 0 N–H and O–H groups in total. The highest BCUT2D eigenvalue weighted by Crippen LogP contribution is 2.34. The fourth-order valence-corrected chi connectivity index (χ4v) is 2.65. The quantitative estimate of drug-likeness (QED) is 0.587. The molecule has 1 heterocycles. The van der Waals surface area contributed by atoms with Crippen molar-refractivity contribution in [1.82, 2.24) is 0 Å².